The van der Waals surface area contributed by atoms with E-state index in [4.69, 9.17) is 9.47 Å². The maximum absolute atomic E-state index is 13.7. The van der Waals surface area contributed by atoms with E-state index in [1.54, 1.807) is 66.7 Å². The average Bonchev–Trinajstić information content (AvgIpc) is 2.93. The van der Waals surface area contributed by atoms with E-state index in [0.717, 1.165) is 10.5 Å². The number of hydrogen-bond acceptors (Lipinski definition) is 5. The standard InChI is InChI=1S/C25H22N2O6/c1-32-18-12-10-17(11-13-18)27-22(25(30)31)24(29)26(15-16-6-5-7-19(14-16)33-2)21-9-4-3-8-20(21)23(27)28/h3-14,22H,15H2,1-2H3,(H,30,31). The quantitative estimate of drug-likeness (QED) is 0.584. The first-order chi connectivity index (χ1) is 15.9. The molecule has 3 aromatic rings. The van der Waals surface area contributed by atoms with Gasteiger partial charge in [0.15, 0.2) is 0 Å². The van der Waals surface area contributed by atoms with Crippen LogP contribution >= 0.6 is 0 Å². The Balaban J connectivity index is 1.85. The van der Waals surface area contributed by atoms with E-state index in [1.165, 1.54) is 19.1 Å². The van der Waals surface area contributed by atoms with Crippen LogP contribution in [0, 0.1) is 0 Å². The van der Waals surface area contributed by atoms with Crippen molar-refractivity contribution in [3.8, 4) is 11.5 Å². The maximum Gasteiger partial charge on any atom is 0.336 e. The number of anilines is 2. The van der Waals surface area contributed by atoms with Crippen LogP contribution in [0.5, 0.6) is 11.5 Å². The highest BCUT2D eigenvalue weighted by Gasteiger charge is 2.44. The third-order valence-electron chi connectivity index (χ3n) is 5.46. The smallest absolute Gasteiger partial charge is 0.336 e. The van der Waals surface area contributed by atoms with E-state index in [-0.39, 0.29) is 17.8 Å². The normalized spacial score (nSPS) is 15.6. The predicted molar refractivity (Wildman–Crippen MR) is 122 cm³/mol. The van der Waals surface area contributed by atoms with E-state index in [0.29, 0.717) is 17.2 Å². The highest BCUT2D eigenvalue weighted by atomic mass is 16.5. The Morgan fingerprint density at radius 2 is 1.61 bits per heavy atom. The minimum absolute atomic E-state index is 0.0700. The van der Waals surface area contributed by atoms with Crippen LogP contribution in [0.3, 0.4) is 0 Å². The summed E-state index contributed by atoms with van der Waals surface area (Å²) < 4.78 is 10.4. The molecule has 0 spiro atoms. The minimum Gasteiger partial charge on any atom is -0.497 e. The first kappa shape index (κ1) is 21.9. The molecule has 0 aliphatic carbocycles. The first-order valence-corrected chi connectivity index (χ1v) is 10.2. The molecular weight excluding hydrogens is 424 g/mol. The summed E-state index contributed by atoms with van der Waals surface area (Å²) in [6, 6.07) is 18.3. The van der Waals surface area contributed by atoms with Crippen molar-refractivity contribution >= 4 is 29.2 Å². The number of benzene rings is 3. The molecular formula is C25H22N2O6. The van der Waals surface area contributed by atoms with Crippen molar-refractivity contribution < 1.29 is 29.0 Å². The van der Waals surface area contributed by atoms with Gasteiger partial charge in [-0.25, -0.2) is 4.79 Å². The molecule has 1 N–H and O–H groups in total. The molecule has 0 radical (unpaired) electrons. The number of carbonyl (C=O) groups excluding carboxylic acids is 2. The summed E-state index contributed by atoms with van der Waals surface area (Å²) in [6.07, 6.45) is 0. The predicted octanol–water partition coefficient (Wildman–Crippen LogP) is 3.35. The fourth-order valence-corrected chi connectivity index (χ4v) is 3.86. The van der Waals surface area contributed by atoms with Crippen molar-refractivity contribution in [2.75, 3.05) is 24.0 Å². The molecule has 1 atom stereocenters. The largest absolute Gasteiger partial charge is 0.497 e. The van der Waals surface area contributed by atoms with Gasteiger partial charge >= 0.3 is 5.97 Å². The van der Waals surface area contributed by atoms with Gasteiger partial charge < -0.3 is 19.5 Å². The molecule has 0 fully saturated rings. The van der Waals surface area contributed by atoms with Gasteiger partial charge in [-0.2, -0.15) is 0 Å². The zero-order chi connectivity index (χ0) is 23.5. The Morgan fingerprint density at radius 1 is 0.909 bits per heavy atom. The van der Waals surface area contributed by atoms with Gasteiger partial charge in [0.1, 0.15) is 11.5 Å². The summed E-state index contributed by atoms with van der Waals surface area (Å²) in [5, 5.41) is 10.0. The van der Waals surface area contributed by atoms with Gasteiger partial charge in [-0.15, -0.1) is 0 Å². The topological polar surface area (TPSA) is 96.4 Å². The molecule has 1 aliphatic heterocycles. The van der Waals surface area contributed by atoms with E-state index in [2.05, 4.69) is 0 Å². The number of carboxylic acid groups (broad SMARTS) is 1. The van der Waals surface area contributed by atoms with Crippen molar-refractivity contribution in [1.82, 2.24) is 0 Å². The lowest BCUT2D eigenvalue weighted by atomic mass is 10.1. The van der Waals surface area contributed by atoms with E-state index in [9.17, 15) is 19.5 Å². The van der Waals surface area contributed by atoms with Gasteiger partial charge in [0.25, 0.3) is 11.8 Å². The number of rotatable bonds is 6. The Hall–Kier alpha value is -4.33. The molecule has 8 nitrogen and oxygen atoms in total. The summed E-state index contributed by atoms with van der Waals surface area (Å²) in [5.74, 6) is -1.58. The minimum atomic E-state index is -1.75. The van der Waals surface area contributed by atoms with Crippen molar-refractivity contribution in [2.24, 2.45) is 0 Å². The van der Waals surface area contributed by atoms with Gasteiger partial charge in [0, 0.05) is 5.69 Å². The molecule has 33 heavy (non-hydrogen) atoms. The molecule has 2 amide bonds. The number of carbonyl (C=O) groups is 3. The molecule has 1 heterocycles. The lowest BCUT2D eigenvalue weighted by Gasteiger charge is -2.28. The van der Waals surface area contributed by atoms with Crippen molar-refractivity contribution in [3.63, 3.8) is 0 Å². The van der Waals surface area contributed by atoms with Crippen LogP contribution in [0.2, 0.25) is 0 Å². The number of carboxylic acids is 1. The number of para-hydroxylation sites is 1. The first-order valence-electron chi connectivity index (χ1n) is 10.2. The van der Waals surface area contributed by atoms with Gasteiger partial charge in [-0.05, 0) is 54.1 Å². The zero-order valence-corrected chi connectivity index (χ0v) is 18.1. The number of fused-ring (bicyclic) bond motifs is 1. The summed E-state index contributed by atoms with van der Waals surface area (Å²) in [5.41, 5.74) is 1.58. The van der Waals surface area contributed by atoms with Crippen molar-refractivity contribution in [3.05, 3.63) is 83.9 Å². The molecule has 1 aliphatic rings. The number of aliphatic carboxylic acids is 1. The Kier molecular flexibility index (Phi) is 5.99. The fraction of sp³-hybridized carbons (Fsp3) is 0.160. The number of methoxy groups -OCH3 is 2. The molecule has 0 aromatic heterocycles. The summed E-state index contributed by atoms with van der Waals surface area (Å²) in [6.45, 7) is 0.0700. The Morgan fingerprint density at radius 3 is 2.27 bits per heavy atom. The van der Waals surface area contributed by atoms with Crippen LogP contribution in [0.25, 0.3) is 0 Å². The second-order valence-corrected chi connectivity index (χ2v) is 7.41. The molecule has 0 saturated carbocycles. The van der Waals surface area contributed by atoms with Crippen LogP contribution in [-0.2, 0) is 16.1 Å². The van der Waals surface area contributed by atoms with Crippen LogP contribution < -0.4 is 19.3 Å². The van der Waals surface area contributed by atoms with Crippen LogP contribution in [-0.4, -0.2) is 43.2 Å². The monoisotopic (exact) mass is 446 g/mol. The number of hydrogen-bond donors (Lipinski definition) is 1. The van der Waals surface area contributed by atoms with E-state index >= 15 is 0 Å². The lowest BCUT2D eigenvalue weighted by molar-refractivity contribution is -0.142. The van der Waals surface area contributed by atoms with E-state index < -0.39 is 23.8 Å². The highest BCUT2D eigenvalue weighted by Crippen LogP contribution is 2.33. The SMILES string of the molecule is COc1ccc(N2C(=O)c3ccccc3N(Cc3cccc(OC)c3)C(=O)C2C(=O)O)cc1. The number of nitrogens with zero attached hydrogens (tertiary/aromatic N) is 2. The average molecular weight is 446 g/mol. The third kappa shape index (κ3) is 4.10. The second kappa shape index (κ2) is 9.04. The van der Waals surface area contributed by atoms with Crippen LogP contribution in [0.4, 0.5) is 11.4 Å². The summed E-state index contributed by atoms with van der Waals surface area (Å²) >= 11 is 0. The highest BCUT2D eigenvalue weighted by molar-refractivity contribution is 6.24. The molecule has 0 bridgehead atoms. The third-order valence-corrected chi connectivity index (χ3v) is 5.46. The molecule has 8 heteroatoms. The number of ether oxygens (including phenoxy) is 2. The molecule has 168 valence electrons. The van der Waals surface area contributed by atoms with E-state index in [1.807, 2.05) is 6.07 Å². The van der Waals surface area contributed by atoms with Crippen molar-refractivity contribution in [1.29, 1.82) is 0 Å². The molecule has 3 aromatic carbocycles. The lowest BCUT2D eigenvalue weighted by Crippen LogP contribution is -2.53. The zero-order valence-electron chi connectivity index (χ0n) is 18.1. The Labute approximate surface area is 190 Å². The van der Waals surface area contributed by atoms with Crippen LogP contribution in [0.15, 0.2) is 72.8 Å². The van der Waals surface area contributed by atoms with Crippen molar-refractivity contribution in [2.45, 2.75) is 12.6 Å². The maximum atomic E-state index is 13.7. The number of amides is 2. The van der Waals surface area contributed by atoms with Gasteiger partial charge in [-0.3, -0.25) is 14.5 Å². The van der Waals surface area contributed by atoms with Gasteiger partial charge in [0.05, 0.1) is 32.0 Å². The van der Waals surface area contributed by atoms with Gasteiger partial charge in [0.2, 0.25) is 6.04 Å². The van der Waals surface area contributed by atoms with Crippen LogP contribution in [0.1, 0.15) is 15.9 Å². The molecule has 0 saturated heterocycles. The molecule has 4 rings (SSSR count). The van der Waals surface area contributed by atoms with Gasteiger partial charge in [-0.1, -0.05) is 24.3 Å². The summed E-state index contributed by atoms with van der Waals surface area (Å²) in [4.78, 5) is 41.9. The molecule has 1 unspecified atom stereocenters. The summed E-state index contributed by atoms with van der Waals surface area (Å²) in [7, 11) is 3.04. The second-order valence-electron chi connectivity index (χ2n) is 7.41. The fourth-order valence-electron chi connectivity index (χ4n) is 3.86. The Bertz CT molecular complexity index is 1210.